The number of hydrogen-bond donors (Lipinski definition) is 3. The number of nitrogens with zero attached hydrogens (tertiary/aromatic N) is 2. The standard InChI is InChI=1S/C10H10ClN3O6/c11-8-6(3-5(4-12-8)14(19)20)9(16)13-7(1-2-15)10(17)18/h3-4,7,15H,1-2H2,(H,13,16)(H,17,18). The van der Waals surface area contributed by atoms with E-state index in [1.807, 2.05) is 0 Å². The number of aliphatic hydroxyl groups excluding tert-OH is 1. The van der Waals surface area contributed by atoms with Crippen molar-refractivity contribution < 1.29 is 24.7 Å². The predicted molar refractivity (Wildman–Crippen MR) is 66.5 cm³/mol. The zero-order valence-electron chi connectivity index (χ0n) is 9.95. The number of nitrogens with one attached hydrogen (secondary N) is 1. The average molecular weight is 304 g/mol. The number of carbonyl (C=O) groups is 2. The predicted octanol–water partition coefficient (Wildman–Crippen LogP) is 0.209. The molecule has 1 amide bonds. The molecule has 1 unspecified atom stereocenters. The largest absolute Gasteiger partial charge is 0.480 e. The molecule has 0 fully saturated rings. The Labute approximate surface area is 117 Å². The molecule has 1 heterocycles. The molecule has 1 rings (SSSR count). The number of hydrogen-bond acceptors (Lipinski definition) is 6. The Kier molecular flexibility index (Phi) is 5.35. The molecule has 9 nitrogen and oxygen atoms in total. The monoisotopic (exact) mass is 303 g/mol. The van der Waals surface area contributed by atoms with E-state index in [4.69, 9.17) is 21.8 Å². The fourth-order valence-electron chi connectivity index (χ4n) is 1.32. The van der Waals surface area contributed by atoms with E-state index in [1.165, 1.54) is 0 Å². The van der Waals surface area contributed by atoms with E-state index in [2.05, 4.69) is 10.3 Å². The van der Waals surface area contributed by atoms with E-state index >= 15 is 0 Å². The van der Waals surface area contributed by atoms with Crippen molar-refractivity contribution in [1.82, 2.24) is 10.3 Å². The Morgan fingerprint density at radius 1 is 1.55 bits per heavy atom. The van der Waals surface area contributed by atoms with Crippen LogP contribution >= 0.6 is 11.6 Å². The van der Waals surface area contributed by atoms with Crippen molar-refractivity contribution in [3.8, 4) is 0 Å². The lowest BCUT2D eigenvalue weighted by Crippen LogP contribution is -2.41. The van der Waals surface area contributed by atoms with Crippen LogP contribution in [0.5, 0.6) is 0 Å². The zero-order valence-corrected chi connectivity index (χ0v) is 10.7. The molecule has 108 valence electrons. The van der Waals surface area contributed by atoms with Crippen molar-refractivity contribution in [2.24, 2.45) is 0 Å². The number of rotatable bonds is 6. The Morgan fingerprint density at radius 3 is 2.70 bits per heavy atom. The van der Waals surface area contributed by atoms with Gasteiger partial charge in [-0.2, -0.15) is 0 Å². The molecule has 0 saturated carbocycles. The lowest BCUT2D eigenvalue weighted by molar-refractivity contribution is -0.385. The first-order valence-electron chi connectivity index (χ1n) is 5.31. The highest BCUT2D eigenvalue weighted by Gasteiger charge is 2.23. The molecule has 0 spiro atoms. The first-order chi connectivity index (χ1) is 9.36. The van der Waals surface area contributed by atoms with Gasteiger partial charge in [0, 0.05) is 19.1 Å². The molecule has 3 N–H and O–H groups in total. The quantitative estimate of drug-likeness (QED) is 0.387. The summed E-state index contributed by atoms with van der Waals surface area (Å²) in [4.78, 5) is 36.0. The number of aliphatic carboxylic acids is 1. The minimum Gasteiger partial charge on any atom is -0.480 e. The number of aliphatic hydroxyl groups is 1. The topological polar surface area (TPSA) is 143 Å². The van der Waals surface area contributed by atoms with Gasteiger partial charge in [-0.3, -0.25) is 14.9 Å². The zero-order chi connectivity index (χ0) is 15.3. The van der Waals surface area contributed by atoms with Gasteiger partial charge >= 0.3 is 5.97 Å². The van der Waals surface area contributed by atoms with Crippen LogP contribution in [0.3, 0.4) is 0 Å². The van der Waals surface area contributed by atoms with Crippen molar-refractivity contribution in [3.05, 3.63) is 33.1 Å². The molecule has 0 saturated heterocycles. The van der Waals surface area contributed by atoms with Crippen LogP contribution in [-0.4, -0.2) is 44.6 Å². The minimum absolute atomic E-state index is 0.207. The normalized spacial score (nSPS) is 11.7. The third-order valence-corrected chi connectivity index (χ3v) is 2.60. The Balaban J connectivity index is 2.99. The lowest BCUT2D eigenvalue weighted by atomic mass is 10.2. The third kappa shape index (κ3) is 3.87. The van der Waals surface area contributed by atoms with Gasteiger partial charge in [0.25, 0.3) is 11.6 Å². The van der Waals surface area contributed by atoms with Gasteiger partial charge in [0.1, 0.15) is 17.4 Å². The van der Waals surface area contributed by atoms with Crippen molar-refractivity contribution in [2.75, 3.05) is 6.61 Å². The van der Waals surface area contributed by atoms with Gasteiger partial charge in [-0.05, 0) is 0 Å². The van der Waals surface area contributed by atoms with Gasteiger partial charge < -0.3 is 15.5 Å². The maximum Gasteiger partial charge on any atom is 0.326 e. The molecule has 0 aliphatic rings. The maximum absolute atomic E-state index is 11.8. The van der Waals surface area contributed by atoms with Crippen molar-refractivity contribution in [3.63, 3.8) is 0 Å². The van der Waals surface area contributed by atoms with E-state index in [-0.39, 0.29) is 17.1 Å². The van der Waals surface area contributed by atoms with Gasteiger partial charge in [0.2, 0.25) is 0 Å². The molecule has 10 heteroatoms. The van der Waals surface area contributed by atoms with E-state index in [0.717, 1.165) is 12.3 Å². The summed E-state index contributed by atoms with van der Waals surface area (Å²) >= 11 is 5.64. The maximum atomic E-state index is 11.8. The number of aromatic nitrogens is 1. The highest BCUT2D eigenvalue weighted by molar-refractivity contribution is 6.32. The van der Waals surface area contributed by atoms with Crippen LogP contribution in [0.1, 0.15) is 16.8 Å². The molecule has 0 radical (unpaired) electrons. The molecule has 1 atom stereocenters. The number of carbonyl (C=O) groups excluding carboxylic acids is 1. The fourth-order valence-corrected chi connectivity index (χ4v) is 1.51. The highest BCUT2D eigenvalue weighted by atomic mass is 35.5. The molecular weight excluding hydrogens is 294 g/mol. The van der Waals surface area contributed by atoms with Crippen LogP contribution in [-0.2, 0) is 4.79 Å². The van der Waals surface area contributed by atoms with Gasteiger partial charge in [-0.1, -0.05) is 11.6 Å². The Bertz CT molecular complexity index is 550. The molecule has 20 heavy (non-hydrogen) atoms. The number of pyridine rings is 1. The summed E-state index contributed by atoms with van der Waals surface area (Å²) in [5.74, 6) is -2.27. The average Bonchev–Trinajstić information content (AvgIpc) is 2.38. The summed E-state index contributed by atoms with van der Waals surface area (Å²) in [5, 5.41) is 29.9. The number of carboxylic acids is 1. The van der Waals surface area contributed by atoms with Gasteiger partial charge in [0.15, 0.2) is 0 Å². The van der Waals surface area contributed by atoms with Gasteiger partial charge in [0.05, 0.1) is 10.5 Å². The first-order valence-corrected chi connectivity index (χ1v) is 5.69. The second-order valence-electron chi connectivity index (χ2n) is 3.67. The summed E-state index contributed by atoms with van der Waals surface area (Å²) < 4.78 is 0. The van der Waals surface area contributed by atoms with Crippen LogP contribution in [0.15, 0.2) is 12.3 Å². The lowest BCUT2D eigenvalue weighted by Gasteiger charge is -2.13. The fraction of sp³-hybridized carbons (Fsp3) is 0.300. The van der Waals surface area contributed by atoms with Crippen LogP contribution in [0.2, 0.25) is 5.15 Å². The third-order valence-electron chi connectivity index (χ3n) is 2.30. The van der Waals surface area contributed by atoms with E-state index in [9.17, 15) is 19.7 Å². The molecule has 1 aromatic heterocycles. The summed E-state index contributed by atoms with van der Waals surface area (Å²) in [6, 6.07) is -0.439. The van der Waals surface area contributed by atoms with Crippen molar-refractivity contribution >= 4 is 29.2 Å². The van der Waals surface area contributed by atoms with E-state index in [0.29, 0.717) is 0 Å². The second-order valence-corrected chi connectivity index (χ2v) is 4.02. The Morgan fingerprint density at radius 2 is 2.20 bits per heavy atom. The van der Waals surface area contributed by atoms with Crippen LogP contribution in [0.25, 0.3) is 0 Å². The molecule has 0 aliphatic carbocycles. The van der Waals surface area contributed by atoms with Crippen molar-refractivity contribution in [1.29, 1.82) is 0 Å². The van der Waals surface area contributed by atoms with Crippen LogP contribution in [0.4, 0.5) is 5.69 Å². The number of nitro groups is 1. The number of amides is 1. The number of halogens is 1. The summed E-state index contributed by atoms with van der Waals surface area (Å²) in [6.07, 6.45) is 0.669. The second kappa shape index (κ2) is 6.78. The van der Waals surface area contributed by atoms with E-state index < -0.39 is 35.1 Å². The van der Waals surface area contributed by atoms with Gasteiger partial charge in [-0.15, -0.1) is 0 Å². The number of carboxylic acid groups (broad SMARTS) is 1. The van der Waals surface area contributed by atoms with Crippen LogP contribution < -0.4 is 5.32 Å². The van der Waals surface area contributed by atoms with Crippen LogP contribution in [0, 0.1) is 10.1 Å². The first kappa shape index (κ1) is 15.8. The molecule has 1 aromatic rings. The Hall–Kier alpha value is -2.26. The molecule has 0 bridgehead atoms. The van der Waals surface area contributed by atoms with E-state index in [1.54, 1.807) is 0 Å². The SMILES string of the molecule is O=C(NC(CCO)C(=O)O)c1cc([N+](=O)[O-])cnc1Cl. The summed E-state index contributed by atoms with van der Waals surface area (Å²) in [5.41, 5.74) is -0.765. The van der Waals surface area contributed by atoms with Crippen molar-refractivity contribution in [2.45, 2.75) is 12.5 Å². The smallest absolute Gasteiger partial charge is 0.326 e. The molecule has 0 aliphatic heterocycles. The summed E-state index contributed by atoms with van der Waals surface area (Å²) in [6.45, 7) is -0.446. The highest BCUT2D eigenvalue weighted by Crippen LogP contribution is 2.19. The minimum atomic E-state index is -1.35. The summed E-state index contributed by atoms with van der Waals surface area (Å²) in [7, 11) is 0. The van der Waals surface area contributed by atoms with Gasteiger partial charge in [-0.25, -0.2) is 9.78 Å². The molecular formula is C10H10ClN3O6. The molecule has 0 aromatic carbocycles.